The fourth-order valence-electron chi connectivity index (χ4n) is 2.55. The maximum absolute atomic E-state index is 11.8. The summed E-state index contributed by atoms with van der Waals surface area (Å²) in [6.45, 7) is 8.22. The van der Waals surface area contributed by atoms with Crippen molar-refractivity contribution in [3.05, 3.63) is 12.2 Å². The Morgan fingerprint density at radius 2 is 1.95 bits per heavy atom. The number of hydrogen-bond donors (Lipinski definition) is 0. The Balaban J connectivity index is 1.85. The molecule has 1 saturated heterocycles. The first-order chi connectivity index (χ1) is 10.1. The standard InChI is InChI=1S/C14H26N6O/c1-4-20-13(15-12-16-20)10-18-6-5-7-19(9-8-18)11-14(21)17(2)3/h12H,4-11H2,1-3H3. The molecule has 118 valence electrons. The number of carbonyl (C=O) groups is 1. The topological polar surface area (TPSA) is 57.5 Å². The van der Waals surface area contributed by atoms with E-state index in [1.54, 1.807) is 11.2 Å². The highest BCUT2D eigenvalue weighted by atomic mass is 16.2. The highest BCUT2D eigenvalue weighted by molar-refractivity contribution is 5.77. The molecule has 7 nitrogen and oxygen atoms in total. The number of carbonyl (C=O) groups excluding carboxylic acids is 1. The summed E-state index contributed by atoms with van der Waals surface area (Å²) in [6.07, 6.45) is 2.71. The molecule has 1 aliphatic rings. The molecule has 1 amide bonds. The van der Waals surface area contributed by atoms with Crippen molar-refractivity contribution in [2.45, 2.75) is 26.4 Å². The van der Waals surface area contributed by atoms with Crippen LogP contribution in [0.2, 0.25) is 0 Å². The van der Waals surface area contributed by atoms with E-state index in [0.717, 1.165) is 51.5 Å². The molecule has 2 rings (SSSR count). The Bertz CT molecular complexity index is 458. The van der Waals surface area contributed by atoms with Crippen LogP contribution in [0.1, 0.15) is 19.2 Å². The molecule has 7 heteroatoms. The summed E-state index contributed by atoms with van der Waals surface area (Å²) in [5.41, 5.74) is 0. The van der Waals surface area contributed by atoms with Crippen molar-refractivity contribution in [1.29, 1.82) is 0 Å². The van der Waals surface area contributed by atoms with Crippen molar-refractivity contribution in [3.63, 3.8) is 0 Å². The van der Waals surface area contributed by atoms with Gasteiger partial charge in [0.25, 0.3) is 0 Å². The summed E-state index contributed by atoms with van der Waals surface area (Å²) >= 11 is 0. The van der Waals surface area contributed by atoms with Gasteiger partial charge in [-0.3, -0.25) is 14.6 Å². The number of aromatic nitrogens is 3. The molecule has 0 spiro atoms. The fourth-order valence-corrected chi connectivity index (χ4v) is 2.55. The average molecular weight is 294 g/mol. The molecular formula is C14H26N6O. The lowest BCUT2D eigenvalue weighted by Gasteiger charge is -2.22. The third-order valence-corrected chi connectivity index (χ3v) is 3.90. The van der Waals surface area contributed by atoms with Gasteiger partial charge in [-0.05, 0) is 26.4 Å². The molecule has 0 aliphatic carbocycles. The van der Waals surface area contributed by atoms with Crippen LogP contribution in [0.4, 0.5) is 0 Å². The van der Waals surface area contributed by atoms with E-state index < -0.39 is 0 Å². The van der Waals surface area contributed by atoms with Gasteiger partial charge in [-0.25, -0.2) is 9.67 Å². The van der Waals surface area contributed by atoms with Crippen LogP contribution in [0.5, 0.6) is 0 Å². The van der Waals surface area contributed by atoms with Crippen LogP contribution in [0.3, 0.4) is 0 Å². The van der Waals surface area contributed by atoms with Gasteiger partial charge >= 0.3 is 0 Å². The van der Waals surface area contributed by atoms with Crippen LogP contribution in [-0.2, 0) is 17.9 Å². The van der Waals surface area contributed by atoms with Gasteiger partial charge in [0.1, 0.15) is 12.2 Å². The highest BCUT2D eigenvalue weighted by Crippen LogP contribution is 2.07. The molecular weight excluding hydrogens is 268 g/mol. The monoisotopic (exact) mass is 294 g/mol. The van der Waals surface area contributed by atoms with Crippen molar-refractivity contribution in [2.24, 2.45) is 0 Å². The van der Waals surface area contributed by atoms with E-state index in [1.165, 1.54) is 0 Å². The number of amides is 1. The molecule has 2 heterocycles. The van der Waals surface area contributed by atoms with Gasteiger partial charge in [-0.2, -0.15) is 5.10 Å². The van der Waals surface area contributed by atoms with E-state index >= 15 is 0 Å². The Labute approximate surface area is 126 Å². The van der Waals surface area contributed by atoms with Gasteiger partial charge in [0.2, 0.25) is 5.91 Å². The van der Waals surface area contributed by atoms with Crippen molar-refractivity contribution >= 4 is 5.91 Å². The fraction of sp³-hybridized carbons (Fsp3) is 0.786. The first kappa shape index (κ1) is 15.9. The van der Waals surface area contributed by atoms with E-state index in [2.05, 4.69) is 26.8 Å². The van der Waals surface area contributed by atoms with Gasteiger partial charge in [-0.15, -0.1) is 0 Å². The summed E-state index contributed by atoms with van der Waals surface area (Å²) in [5, 5.41) is 4.22. The van der Waals surface area contributed by atoms with E-state index in [9.17, 15) is 4.79 Å². The van der Waals surface area contributed by atoms with E-state index in [1.807, 2.05) is 18.8 Å². The van der Waals surface area contributed by atoms with Crippen molar-refractivity contribution < 1.29 is 4.79 Å². The Kier molecular flexibility index (Phi) is 5.69. The maximum Gasteiger partial charge on any atom is 0.236 e. The molecule has 0 radical (unpaired) electrons. The van der Waals surface area contributed by atoms with Crippen LogP contribution in [0.25, 0.3) is 0 Å². The molecule has 0 atom stereocenters. The molecule has 0 saturated carbocycles. The largest absolute Gasteiger partial charge is 0.348 e. The predicted octanol–water partition coefficient (Wildman–Crippen LogP) is -0.106. The normalized spacial score (nSPS) is 17.7. The highest BCUT2D eigenvalue weighted by Gasteiger charge is 2.19. The molecule has 1 aromatic rings. The smallest absolute Gasteiger partial charge is 0.236 e. The quantitative estimate of drug-likeness (QED) is 0.759. The number of likely N-dealkylation sites (N-methyl/N-ethyl adjacent to an activating group) is 1. The van der Waals surface area contributed by atoms with E-state index in [0.29, 0.717) is 6.54 Å². The van der Waals surface area contributed by atoms with Gasteiger partial charge in [0.15, 0.2) is 0 Å². The summed E-state index contributed by atoms with van der Waals surface area (Å²) in [4.78, 5) is 22.4. The van der Waals surface area contributed by atoms with E-state index in [-0.39, 0.29) is 5.91 Å². The average Bonchev–Trinajstić information content (AvgIpc) is 2.79. The zero-order chi connectivity index (χ0) is 15.2. The maximum atomic E-state index is 11.8. The molecule has 0 aromatic carbocycles. The van der Waals surface area contributed by atoms with Crippen molar-refractivity contribution in [1.82, 2.24) is 29.5 Å². The van der Waals surface area contributed by atoms with Crippen molar-refractivity contribution in [2.75, 3.05) is 46.8 Å². The summed E-state index contributed by atoms with van der Waals surface area (Å²) < 4.78 is 1.94. The minimum Gasteiger partial charge on any atom is -0.348 e. The van der Waals surface area contributed by atoms with E-state index in [4.69, 9.17) is 0 Å². The van der Waals surface area contributed by atoms with Gasteiger partial charge < -0.3 is 4.90 Å². The molecule has 1 aliphatic heterocycles. The summed E-state index contributed by atoms with van der Waals surface area (Å²) in [7, 11) is 3.62. The molecule has 1 fully saturated rings. The second kappa shape index (κ2) is 7.51. The second-order valence-corrected chi connectivity index (χ2v) is 5.69. The molecule has 1 aromatic heterocycles. The lowest BCUT2D eigenvalue weighted by Crippen LogP contribution is -2.38. The first-order valence-electron chi connectivity index (χ1n) is 7.61. The van der Waals surface area contributed by atoms with Gasteiger partial charge in [0.05, 0.1) is 13.1 Å². The zero-order valence-corrected chi connectivity index (χ0v) is 13.3. The zero-order valence-electron chi connectivity index (χ0n) is 13.3. The van der Waals surface area contributed by atoms with Gasteiger partial charge in [-0.1, -0.05) is 0 Å². The molecule has 0 unspecified atom stereocenters. The third kappa shape index (κ3) is 4.50. The second-order valence-electron chi connectivity index (χ2n) is 5.69. The number of aryl methyl sites for hydroxylation is 1. The molecule has 0 N–H and O–H groups in total. The van der Waals surface area contributed by atoms with Crippen LogP contribution < -0.4 is 0 Å². The number of rotatable bonds is 5. The van der Waals surface area contributed by atoms with Crippen LogP contribution in [-0.4, -0.2) is 82.2 Å². The van der Waals surface area contributed by atoms with Gasteiger partial charge in [0, 0.05) is 33.7 Å². The molecule has 0 bridgehead atoms. The third-order valence-electron chi connectivity index (χ3n) is 3.90. The Morgan fingerprint density at radius 3 is 2.67 bits per heavy atom. The van der Waals surface area contributed by atoms with Crippen LogP contribution >= 0.6 is 0 Å². The summed E-state index contributed by atoms with van der Waals surface area (Å²) in [5.74, 6) is 1.20. The SMILES string of the molecule is CCn1ncnc1CN1CCCN(CC(=O)N(C)C)CC1. The number of nitrogens with zero attached hydrogens (tertiary/aromatic N) is 6. The Hall–Kier alpha value is -1.47. The summed E-state index contributed by atoms with van der Waals surface area (Å²) in [6, 6.07) is 0. The van der Waals surface area contributed by atoms with Crippen molar-refractivity contribution in [3.8, 4) is 0 Å². The minimum atomic E-state index is 0.175. The first-order valence-corrected chi connectivity index (χ1v) is 7.61. The number of hydrogen-bond acceptors (Lipinski definition) is 5. The Morgan fingerprint density at radius 1 is 1.24 bits per heavy atom. The minimum absolute atomic E-state index is 0.175. The molecule has 21 heavy (non-hydrogen) atoms. The lowest BCUT2D eigenvalue weighted by molar-refractivity contribution is -0.129. The van der Waals surface area contributed by atoms with Crippen LogP contribution in [0.15, 0.2) is 6.33 Å². The van der Waals surface area contributed by atoms with Crippen LogP contribution in [0, 0.1) is 0 Å². The lowest BCUT2D eigenvalue weighted by atomic mass is 10.3. The predicted molar refractivity (Wildman–Crippen MR) is 80.7 cm³/mol.